The number of aromatic nitrogens is 2. The number of halogens is 1. The van der Waals surface area contributed by atoms with Crippen LogP contribution in [0.5, 0.6) is 0 Å². The normalized spacial score (nSPS) is 11.2. The van der Waals surface area contributed by atoms with Crippen molar-refractivity contribution < 1.29 is 4.74 Å². The van der Waals surface area contributed by atoms with Crippen molar-refractivity contribution in [3.05, 3.63) is 15.5 Å². The number of nitrogens with zero attached hydrogens (tertiary/aromatic N) is 2. The molecule has 0 spiro atoms. The molecule has 1 aromatic rings. The Labute approximate surface area is 99.0 Å². The van der Waals surface area contributed by atoms with Gasteiger partial charge >= 0.3 is 0 Å². The van der Waals surface area contributed by atoms with Gasteiger partial charge in [0.25, 0.3) is 0 Å². The van der Waals surface area contributed by atoms with Crippen LogP contribution in [0.3, 0.4) is 0 Å². The van der Waals surface area contributed by atoms with Crippen LogP contribution in [-0.4, -0.2) is 16.4 Å². The highest BCUT2D eigenvalue weighted by Gasteiger charge is 2.06. The minimum Gasteiger partial charge on any atom is -0.375 e. The van der Waals surface area contributed by atoms with Crippen molar-refractivity contribution in [2.24, 2.45) is 5.92 Å². The van der Waals surface area contributed by atoms with Gasteiger partial charge < -0.3 is 4.74 Å². The Morgan fingerprint density at radius 2 is 2.29 bits per heavy atom. The highest BCUT2D eigenvalue weighted by atomic mass is 127. The van der Waals surface area contributed by atoms with E-state index in [1.54, 1.807) is 0 Å². The van der Waals surface area contributed by atoms with E-state index in [9.17, 15) is 0 Å². The van der Waals surface area contributed by atoms with Gasteiger partial charge in [-0.25, -0.2) is 0 Å². The number of ether oxygens (including phenoxy) is 1. The monoisotopic (exact) mass is 308 g/mol. The van der Waals surface area contributed by atoms with Crippen LogP contribution in [-0.2, 0) is 17.9 Å². The van der Waals surface area contributed by atoms with E-state index in [2.05, 4.69) is 47.7 Å². The quantitative estimate of drug-likeness (QED) is 0.782. The minimum absolute atomic E-state index is 0.625. The van der Waals surface area contributed by atoms with Gasteiger partial charge in [0.2, 0.25) is 0 Å². The molecule has 0 unspecified atom stereocenters. The van der Waals surface area contributed by atoms with E-state index in [1.807, 2.05) is 11.6 Å². The van der Waals surface area contributed by atoms with Crippen LogP contribution in [0.15, 0.2) is 6.20 Å². The summed E-state index contributed by atoms with van der Waals surface area (Å²) >= 11 is 2.30. The molecular weight excluding hydrogens is 291 g/mol. The molecular formula is C10H17IN2O. The summed E-state index contributed by atoms with van der Waals surface area (Å²) in [5.41, 5.74) is 1.05. The fourth-order valence-electron chi connectivity index (χ4n) is 1.20. The van der Waals surface area contributed by atoms with Gasteiger partial charge in [0.05, 0.1) is 10.2 Å². The average molecular weight is 308 g/mol. The molecule has 3 nitrogen and oxygen atoms in total. The van der Waals surface area contributed by atoms with Gasteiger partial charge in [0.15, 0.2) is 0 Å². The summed E-state index contributed by atoms with van der Waals surface area (Å²) in [5, 5.41) is 4.47. The number of hydrogen-bond acceptors (Lipinski definition) is 2. The molecule has 1 rings (SSSR count). The molecule has 0 aliphatic rings. The van der Waals surface area contributed by atoms with Gasteiger partial charge in [0.1, 0.15) is 5.69 Å². The van der Waals surface area contributed by atoms with Crippen LogP contribution < -0.4 is 0 Å². The first-order valence-corrected chi connectivity index (χ1v) is 6.01. The zero-order valence-electron chi connectivity index (χ0n) is 8.96. The molecule has 1 aromatic heterocycles. The SMILES string of the molecule is CCOCc1nn(CC(C)C)cc1I. The van der Waals surface area contributed by atoms with Crippen molar-refractivity contribution in [1.82, 2.24) is 9.78 Å². The van der Waals surface area contributed by atoms with Crippen molar-refractivity contribution in [2.45, 2.75) is 33.9 Å². The Kier molecular flexibility index (Phi) is 4.88. The van der Waals surface area contributed by atoms with Gasteiger partial charge in [-0.15, -0.1) is 0 Å². The maximum atomic E-state index is 5.34. The lowest BCUT2D eigenvalue weighted by atomic mass is 10.2. The van der Waals surface area contributed by atoms with E-state index in [0.29, 0.717) is 12.5 Å². The molecule has 0 fully saturated rings. The van der Waals surface area contributed by atoms with Crippen molar-refractivity contribution in [3.63, 3.8) is 0 Å². The molecule has 0 aromatic carbocycles. The summed E-state index contributed by atoms with van der Waals surface area (Å²) < 4.78 is 8.53. The predicted octanol–water partition coefficient (Wildman–Crippen LogP) is 2.68. The van der Waals surface area contributed by atoms with Crippen molar-refractivity contribution in [2.75, 3.05) is 6.61 Å². The third-order valence-electron chi connectivity index (χ3n) is 1.78. The Balaban J connectivity index is 2.62. The second-order valence-corrected chi connectivity index (χ2v) is 4.84. The first-order valence-electron chi connectivity index (χ1n) is 4.93. The molecule has 80 valence electrons. The zero-order valence-corrected chi connectivity index (χ0v) is 11.1. The number of rotatable bonds is 5. The Bertz CT molecular complexity index is 284. The van der Waals surface area contributed by atoms with Crippen molar-refractivity contribution >= 4 is 22.6 Å². The third-order valence-corrected chi connectivity index (χ3v) is 2.68. The average Bonchev–Trinajstić information content (AvgIpc) is 2.41. The van der Waals surface area contributed by atoms with E-state index < -0.39 is 0 Å². The van der Waals surface area contributed by atoms with Crippen LogP contribution in [0.1, 0.15) is 26.5 Å². The van der Waals surface area contributed by atoms with Crippen LogP contribution in [0.4, 0.5) is 0 Å². The van der Waals surface area contributed by atoms with Gasteiger partial charge in [0, 0.05) is 19.3 Å². The topological polar surface area (TPSA) is 27.1 Å². The second-order valence-electron chi connectivity index (χ2n) is 3.68. The molecule has 0 saturated carbocycles. The fraction of sp³-hybridized carbons (Fsp3) is 0.700. The maximum Gasteiger partial charge on any atom is 0.101 e. The molecule has 0 N–H and O–H groups in total. The highest BCUT2D eigenvalue weighted by molar-refractivity contribution is 14.1. The summed E-state index contributed by atoms with van der Waals surface area (Å²) in [6.45, 7) is 8.72. The van der Waals surface area contributed by atoms with Crippen molar-refractivity contribution in [3.8, 4) is 0 Å². The van der Waals surface area contributed by atoms with Gasteiger partial charge in [-0.3, -0.25) is 4.68 Å². The second kappa shape index (κ2) is 5.70. The lowest BCUT2D eigenvalue weighted by molar-refractivity contribution is 0.130. The van der Waals surface area contributed by atoms with Crippen LogP contribution in [0.2, 0.25) is 0 Å². The fourth-order valence-corrected chi connectivity index (χ4v) is 1.79. The molecule has 0 amide bonds. The van der Waals surface area contributed by atoms with Crippen LogP contribution >= 0.6 is 22.6 Å². The Morgan fingerprint density at radius 1 is 1.57 bits per heavy atom. The highest BCUT2D eigenvalue weighted by Crippen LogP contribution is 2.12. The maximum absolute atomic E-state index is 5.34. The summed E-state index contributed by atoms with van der Waals surface area (Å²) in [4.78, 5) is 0. The smallest absolute Gasteiger partial charge is 0.101 e. The molecule has 14 heavy (non-hydrogen) atoms. The van der Waals surface area contributed by atoms with E-state index in [-0.39, 0.29) is 0 Å². The van der Waals surface area contributed by atoms with E-state index in [0.717, 1.165) is 18.8 Å². The number of hydrogen-bond donors (Lipinski definition) is 0. The molecule has 1 heterocycles. The van der Waals surface area contributed by atoms with Crippen LogP contribution in [0, 0.1) is 9.49 Å². The Morgan fingerprint density at radius 3 is 2.86 bits per heavy atom. The summed E-state index contributed by atoms with van der Waals surface area (Å²) in [5.74, 6) is 0.630. The molecule has 0 aliphatic carbocycles. The van der Waals surface area contributed by atoms with Gasteiger partial charge in [-0.1, -0.05) is 13.8 Å². The largest absolute Gasteiger partial charge is 0.375 e. The third kappa shape index (κ3) is 3.57. The standard InChI is InChI=1S/C10H17IN2O/c1-4-14-7-10-9(11)6-13(12-10)5-8(2)3/h6,8H,4-5,7H2,1-3H3. The van der Waals surface area contributed by atoms with E-state index in [1.165, 1.54) is 3.57 Å². The lowest BCUT2D eigenvalue weighted by Gasteiger charge is -2.03. The molecule has 0 bridgehead atoms. The van der Waals surface area contributed by atoms with E-state index >= 15 is 0 Å². The molecule has 0 saturated heterocycles. The first kappa shape index (κ1) is 12.0. The van der Waals surface area contributed by atoms with Crippen molar-refractivity contribution in [1.29, 1.82) is 0 Å². The summed E-state index contributed by atoms with van der Waals surface area (Å²) in [7, 11) is 0. The predicted molar refractivity (Wildman–Crippen MR) is 65.1 cm³/mol. The Hall–Kier alpha value is -0.100. The molecule has 0 aliphatic heterocycles. The molecule has 0 radical (unpaired) electrons. The van der Waals surface area contributed by atoms with Crippen LogP contribution in [0.25, 0.3) is 0 Å². The zero-order chi connectivity index (χ0) is 10.6. The summed E-state index contributed by atoms with van der Waals surface area (Å²) in [6.07, 6.45) is 2.08. The van der Waals surface area contributed by atoms with Gasteiger partial charge in [-0.2, -0.15) is 5.10 Å². The first-order chi connectivity index (χ1) is 6.63. The molecule has 4 heteroatoms. The lowest BCUT2D eigenvalue weighted by Crippen LogP contribution is -2.05. The summed E-state index contributed by atoms with van der Waals surface area (Å²) in [6, 6.07) is 0. The van der Waals surface area contributed by atoms with E-state index in [4.69, 9.17) is 4.74 Å². The van der Waals surface area contributed by atoms with Gasteiger partial charge in [-0.05, 0) is 35.4 Å². The minimum atomic E-state index is 0.625. The molecule has 0 atom stereocenters.